The first-order chi connectivity index (χ1) is 23.3. The second-order valence-corrected chi connectivity index (χ2v) is 15.8. The lowest BCUT2D eigenvalue weighted by Crippen LogP contribution is -2.60. The minimum atomic E-state index is -3.67. The maximum Gasteiger partial charge on any atom is 0.261 e. The Kier molecular flexibility index (Phi) is 10.3. The highest BCUT2D eigenvalue weighted by Crippen LogP contribution is 2.35. The number of pyridine rings is 1. The van der Waals surface area contributed by atoms with Crippen LogP contribution in [0.25, 0.3) is 28.0 Å². The molecule has 50 heavy (non-hydrogen) atoms. The Morgan fingerprint density at radius 1 is 1.02 bits per heavy atom. The molecule has 6 rings (SSSR count). The summed E-state index contributed by atoms with van der Waals surface area (Å²) in [4.78, 5) is 35.8. The van der Waals surface area contributed by atoms with Crippen LogP contribution in [0, 0.1) is 18.6 Å². The molecule has 15 heteroatoms. The predicted octanol–water partition coefficient (Wildman–Crippen LogP) is 6.57. The van der Waals surface area contributed by atoms with Gasteiger partial charge in [-0.1, -0.05) is 12.1 Å². The highest BCUT2D eigenvalue weighted by molar-refractivity contribution is 7.85. The number of benzene rings is 2. The number of amides is 1. The van der Waals surface area contributed by atoms with Gasteiger partial charge in [-0.25, -0.2) is 13.8 Å². The molecule has 0 unspecified atom stereocenters. The summed E-state index contributed by atoms with van der Waals surface area (Å²) < 4.78 is 57.2. The number of piperidine rings is 1. The van der Waals surface area contributed by atoms with Gasteiger partial charge in [-0.05, 0) is 94.8 Å². The van der Waals surface area contributed by atoms with Gasteiger partial charge in [0.05, 0.1) is 17.5 Å². The fourth-order valence-electron chi connectivity index (χ4n) is 6.46. The number of carbonyl (C=O) groups is 1. The van der Waals surface area contributed by atoms with Crippen LogP contribution in [0.5, 0.6) is 0 Å². The summed E-state index contributed by atoms with van der Waals surface area (Å²) in [7, 11) is -3.67. The molecule has 0 spiro atoms. The molecule has 1 saturated heterocycles. The van der Waals surface area contributed by atoms with Crippen LogP contribution in [0.15, 0.2) is 70.2 Å². The Balaban J connectivity index is 0.000000908. The third kappa shape index (κ3) is 8.77. The van der Waals surface area contributed by atoms with E-state index in [1.165, 1.54) is 23.5 Å². The van der Waals surface area contributed by atoms with E-state index in [0.717, 1.165) is 35.1 Å². The maximum atomic E-state index is 15.2. The van der Waals surface area contributed by atoms with Gasteiger partial charge in [0.15, 0.2) is 5.65 Å². The van der Waals surface area contributed by atoms with Gasteiger partial charge in [-0.15, -0.1) is 0 Å². The summed E-state index contributed by atoms with van der Waals surface area (Å²) in [5.74, 6) is -1.81. The third-order valence-electron chi connectivity index (χ3n) is 7.97. The molecular weight excluding hydrogens is 687 g/mol. The Morgan fingerprint density at radius 3 is 2.26 bits per heavy atom. The fourth-order valence-corrected chi connectivity index (χ4v) is 7.10. The van der Waals surface area contributed by atoms with Crippen LogP contribution in [-0.2, 0) is 10.1 Å². The Bertz CT molecular complexity index is 2190. The van der Waals surface area contributed by atoms with E-state index in [4.69, 9.17) is 14.5 Å². The normalized spacial score (nSPS) is 15.6. The van der Waals surface area contributed by atoms with Gasteiger partial charge in [0, 0.05) is 45.2 Å². The van der Waals surface area contributed by atoms with Crippen molar-refractivity contribution >= 4 is 50.0 Å². The van der Waals surface area contributed by atoms with E-state index in [1.54, 1.807) is 29.6 Å². The van der Waals surface area contributed by atoms with Crippen molar-refractivity contribution in [3.05, 3.63) is 98.5 Å². The van der Waals surface area contributed by atoms with Crippen LogP contribution >= 0.6 is 11.3 Å². The molecule has 1 amide bonds. The van der Waals surface area contributed by atoms with E-state index in [9.17, 15) is 18.0 Å². The summed E-state index contributed by atoms with van der Waals surface area (Å²) >= 11 is 1.43. The summed E-state index contributed by atoms with van der Waals surface area (Å²) in [6.07, 6.45) is 2.24. The first-order valence-corrected chi connectivity index (χ1v) is 18.4. The molecule has 2 aromatic carbocycles. The number of hydrogen-bond acceptors (Lipinski definition) is 9. The van der Waals surface area contributed by atoms with Crippen molar-refractivity contribution in [2.75, 3.05) is 16.9 Å². The Hall–Kier alpha value is -4.57. The molecule has 0 bridgehead atoms. The van der Waals surface area contributed by atoms with E-state index >= 15 is 8.78 Å². The minimum absolute atomic E-state index is 0.0343. The first-order valence-electron chi connectivity index (χ1n) is 15.6. The Morgan fingerprint density at radius 2 is 1.66 bits per heavy atom. The Labute approximate surface area is 292 Å². The highest BCUT2D eigenvalue weighted by Gasteiger charge is 2.38. The molecule has 5 aromatic rings. The lowest BCUT2D eigenvalue weighted by molar-refractivity contribution is 0.102. The molecule has 0 saturated carbocycles. The highest BCUT2D eigenvalue weighted by atomic mass is 32.2. The van der Waals surface area contributed by atoms with Crippen molar-refractivity contribution in [3.8, 4) is 16.9 Å². The van der Waals surface area contributed by atoms with Crippen molar-refractivity contribution in [1.82, 2.24) is 19.9 Å². The smallest absolute Gasteiger partial charge is 0.261 e. The number of nitrogens with zero attached hydrogens (tertiary/aromatic N) is 3. The zero-order chi connectivity index (χ0) is 36.6. The predicted molar refractivity (Wildman–Crippen MR) is 193 cm³/mol. The zero-order valence-electron chi connectivity index (χ0n) is 28.3. The number of nitrogens with one attached hydrogen (secondary N) is 3. The van der Waals surface area contributed by atoms with Crippen molar-refractivity contribution < 1.29 is 26.5 Å². The lowest BCUT2D eigenvalue weighted by atomic mass is 9.80. The molecule has 4 N–H and O–H groups in total. The summed E-state index contributed by atoms with van der Waals surface area (Å²) in [5.41, 5.74) is 1.59. The lowest BCUT2D eigenvalue weighted by Gasteiger charge is -2.46. The van der Waals surface area contributed by atoms with Gasteiger partial charge in [0.25, 0.3) is 21.6 Å². The van der Waals surface area contributed by atoms with Gasteiger partial charge in [0.1, 0.15) is 17.3 Å². The van der Waals surface area contributed by atoms with Crippen LogP contribution in [0.3, 0.4) is 0 Å². The van der Waals surface area contributed by atoms with Gasteiger partial charge >= 0.3 is 0 Å². The van der Waals surface area contributed by atoms with E-state index in [1.807, 2.05) is 18.4 Å². The fraction of sp³-hybridized carbons (Fsp3) is 0.314. The van der Waals surface area contributed by atoms with Gasteiger partial charge < -0.3 is 16.0 Å². The SMILES string of the molecule is CS(=O)(=O)O.Cc1ccc(NC(=O)c2ccsc2)cc1-c1nc(NC2CC(C)(C)NC(C)(C)C2)nc2c1ccc(=O)n2-c1c(F)cccc1F. The van der Waals surface area contributed by atoms with Gasteiger partial charge in [-0.2, -0.15) is 24.7 Å². The number of anilines is 2. The number of thiophene rings is 1. The molecule has 1 fully saturated rings. The summed E-state index contributed by atoms with van der Waals surface area (Å²) in [5, 5.41) is 14.1. The molecule has 0 radical (unpaired) electrons. The van der Waals surface area contributed by atoms with Crippen LogP contribution in [0.2, 0.25) is 0 Å². The molecule has 4 heterocycles. The second kappa shape index (κ2) is 14.0. The quantitative estimate of drug-likeness (QED) is 0.142. The first kappa shape index (κ1) is 36.7. The molecule has 0 atom stereocenters. The van der Waals surface area contributed by atoms with Crippen LogP contribution < -0.4 is 21.5 Å². The molecule has 11 nitrogen and oxygen atoms in total. The molecule has 264 valence electrons. The molecule has 1 aliphatic rings. The molecular formula is C35H38F2N6O5S2. The number of hydrogen-bond donors (Lipinski definition) is 4. The third-order valence-corrected chi connectivity index (χ3v) is 8.65. The number of aromatic nitrogens is 3. The standard InChI is InChI=1S/C34H34F2N6O2S.CH4O3S/c1-19-9-10-21(37-31(44)20-13-14-45-18-20)15-24(19)28-23-11-12-27(43)42(29-25(35)7-6-8-26(29)36)30(23)40-32(39-28)38-22-16-33(2,3)41-34(4,5)17-22;1-5(2,3)4/h6-15,18,22,41H,16-17H2,1-5H3,(H,37,44)(H,38,39,40);1H3,(H,2,3,4). The van der Waals surface area contributed by atoms with Crippen molar-refractivity contribution in [2.24, 2.45) is 0 Å². The van der Waals surface area contributed by atoms with E-state index < -0.39 is 33.0 Å². The molecule has 1 aliphatic heterocycles. The van der Waals surface area contributed by atoms with Crippen molar-refractivity contribution in [3.63, 3.8) is 0 Å². The number of carbonyl (C=O) groups excluding carboxylic acids is 1. The van der Waals surface area contributed by atoms with E-state index in [-0.39, 0.29) is 34.6 Å². The van der Waals surface area contributed by atoms with Crippen molar-refractivity contribution in [2.45, 2.75) is 64.6 Å². The summed E-state index contributed by atoms with van der Waals surface area (Å²) in [6, 6.07) is 13.5. The largest absolute Gasteiger partial charge is 0.351 e. The maximum absolute atomic E-state index is 15.2. The van der Waals surface area contributed by atoms with E-state index in [2.05, 4.69) is 43.6 Å². The monoisotopic (exact) mass is 724 g/mol. The number of halogens is 2. The molecule has 0 aliphatic carbocycles. The number of fused-ring (bicyclic) bond motifs is 1. The van der Waals surface area contributed by atoms with Gasteiger partial charge in [-0.3, -0.25) is 18.7 Å². The average molecular weight is 725 g/mol. The van der Waals surface area contributed by atoms with Crippen molar-refractivity contribution in [1.29, 1.82) is 0 Å². The van der Waals surface area contributed by atoms with E-state index in [0.29, 0.717) is 34.2 Å². The topological polar surface area (TPSA) is 155 Å². The number of aryl methyl sites for hydroxylation is 1. The van der Waals surface area contributed by atoms with Crippen LogP contribution in [0.4, 0.5) is 20.4 Å². The van der Waals surface area contributed by atoms with Crippen LogP contribution in [0.1, 0.15) is 56.5 Å². The number of para-hydroxylation sites is 1. The molecule has 3 aromatic heterocycles. The van der Waals surface area contributed by atoms with Gasteiger partial charge in [0.2, 0.25) is 5.95 Å². The van der Waals surface area contributed by atoms with Crippen LogP contribution in [-0.4, -0.2) is 56.8 Å². The summed E-state index contributed by atoms with van der Waals surface area (Å²) in [6.45, 7) is 10.4. The average Bonchev–Trinajstić information content (AvgIpc) is 3.52. The second-order valence-electron chi connectivity index (χ2n) is 13.6. The minimum Gasteiger partial charge on any atom is -0.351 e. The zero-order valence-corrected chi connectivity index (χ0v) is 30.0. The number of rotatable bonds is 6.